The molecule has 0 radical (unpaired) electrons. The van der Waals surface area contributed by atoms with Gasteiger partial charge >= 0.3 is 0 Å². The third-order valence-corrected chi connectivity index (χ3v) is 4.17. The van der Waals surface area contributed by atoms with Crippen molar-refractivity contribution in [2.75, 3.05) is 27.2 Å². The van der Waals surface area contributed by atoms with Crippen LogP contribution in [-0.2, 0) is 0 Å². The van der Waals surface area contributed by atoms with Crippen molar-refractivity contribution < 1.29 is 4.79 Å². The number of pyridine rings is 1. The first-order valence-electron chi connectivity index (χ1n) is 8.56. The van der Waals surface area contributed by atoms with Crippen LogP contribution in [0.5, 0.6) is 0 Å². The summed E-state index contributed by atoms with van der Waals surface area (Å²) in [6, 6.07) is 10.1. The summed E-state index contributed by atoms with van der Waals surface area (Å²) >= 11 is 0. The Kier molecular flexibility index (Phi) is 4.90. The molecular formula is C19H25N5O. The highest BCUT2D eigenvalue weighted by atomic mass is 16.1. The molecule has 0 saturated carbocycles. The number of carbonyl (C=O) groups excluding carboxylic acids is 1. The molecule has 0 atom stereocenters. The van der Waals surface area contributed by atoms with Crippen molar-refractivity contribution in [3.63, 3.8) is 0 Å². The van der Waals surface area contributed by atoms with Crippen LogP contribution in [0.15, 0.2) is 42.7 Å². The lowest BCUT2D eigenvalue weighted by Gasteiger charge is -2.10. The van der Waals surface area contributed by atoms with Crippen molar-refractivity contribution in [2.45, 2.75) is 19.9 Å². The van der Waals surface area contributed by atoms with Gasteiger partial charge < -0.3 is 14.6 Å². The Labute approximate surface area is 148 Å². The summed E-state index contributed by atoms with van der Waals surface area (Å²) in [4.78, 5) is 14.7. The number of rotatable bonds is 6. The monoisotopic (exact) mass is 339 g/mol. The first kappa shape index (κ1) is 17.2. The lowest BCUT2D eigenvalue weighted by atomic mass is 10.2. The largest absolute Gasteiger partial charge is 0.351 e. The molecule has 0 bridgehead atoms. The predicted octanol–water partition coefficient (Wildman–Crippen LogP) is 2.68. The number of hydrogen-bond donors (Lipinski definition) is 1. The van der Waals surface area contributed by atoms with Gasteiger partial charge in [0.05, 0.1) is 16.8 Å². The van der Waals surface area contributed by atoms with Gasteiger partial charge in [0.25, 0.3) is 5.91 Å². The lowest BCUT2D eigenvalue weighted by molar-refractivity contribution is 0.0953. The summed E-state index contributed by atoms with van der Waals surface area (Å²) in [5.74, 6) is -0.0555. The Morgan fingerprint density at radius 1 is 1.24 bits per heavy atom. The molecule has 3 aromatic heterocycles. The maximum Gasteiger partial charge on any atom is 0.253 e. The Hall–Kier alpha value is -2.60. The van der Waals surface area contributed by atoms with Crippen LogP contribution in [0.3, 0.4) is 0 Å². The van der Waals surface area contributed by atoms with E-state index >= 15 is 0 Å². The fraction of sp³-hybridized carbons (Fsp3) is 0.368. The summed E-state index contributed by atoms with van der Waals surface area (Å²) in [6.07, 6.45) is 3.94. The Balaban J connectivity index is 1.96. The molecule has 0 fully saturated rings. The minimum atomic E-state index is -0.0555. The van der Waals surface area contributed by atoms with Crippen molar-refractivity contribution in [2.24, 2.45) is 0 Å². The highest BCUT2D eigenvalue weighted by Gasteiger charge is 2.17. The topological polar surface area (TPSA) is 54.6 Å². The molecule has 1 amide bonds. The van der Waals surface area contributed by atoms with Crippen LogP contribution < -0.4 is 5.32 Å². The minimum Gasteiger partial charge on any atom is -0.351 e. The van der Waals surface area contributed by atoms with E-state index < -0.39 is 0 Å². The van der Waals surface area contributed by atoms with E-state index in [-0.39, 0.29) is 5.91 Å². The van der Waals surface area contributed by atoms with E-state index in [1.165, 1.54) is 0 Å². The summed E-state index contributed by atoms with van der Waals surface area (Å²) in [5, 5.41) is 7.64. The number of carbonyl (C=O) groups is 1. The highest BCUT2D eigenvalue weighted by molar-refractivity contribution is 6.02. The first-order valence-corrected chi connectivity index (χ1v) is 8.56. The Bertz CT molecular complexity index is 875. The van der Waals surface area contributed by atoms with Crippen LogP contribution in [0.2, 0.25) is 0 Å². The van der Waals surface area contributed by atoms with E-state index in [4.69, 9.17) is 0 Å². The zero-order valence-corrected chi connectivity index (χ0v) is 15.2. The van der Waals surface area contributed by atoms with Gasteiger partial charge in [-0.15, -0.1) is 0 Å². The number of aromatic nitrogens is 3. The van der Waals surface area contributed by atoms with E-state index in [1.54, 1.807) is 0 Å². The van der Waals surface area contributed by atoms with Gasteiger partial charge in [0, 0.05) is 31.5 Å². The zero-order valence-electron chi connectivity index (χ0n) is 15.2. The van der Waals surface area contributed by atoms with Crippen molar-refractivity contribution in [3.8, 4) is 11.4 Å². The molecule has 3 rings (SSSR count). The molecule has 6 nitrogen and oxygen atoms in total. The summed E-state index contributed by atoms with van der Waals surface area (Å²) in [7, 11) is 3.98. The summed E-state index contributed by atoms with van der Waals surface area (Å²) in [5.41, 5.74) is 3.35. The van der Waals surface area contributed by atoms with E-state index in [2.05, 4.69) is 24.3 Å². The maximum atomic E-state index is 12.6. The maximum absolute atomic E-state index is 12.6. The van der Waals surface area contributed by atoms with Gasteiger partial charge in [-0.1, -0.05) is 6.07 Å². The third kappa shape index (κ3) is 3.58. The molecular weight excluding hydrogens is 314 g/mol. The van der Waals surface area contributed by atoms with Crippen LogP contribution in [0.1, 0.15) is 30.2 Å². The number of amides is 1. The standard InChI is InChI=1S/C19H25N5O/c1-14(2)24-11-8-16(21-24)18-13-15(17-7-5-6-10-23(17)18)19(25)20-9-12-22(3)4/h5-8,10-11,13-14H,9,12H2,1-4H3,(H,20,25). The fourth-order valence-electron chi connectivity index (χ4n) is 2.78. The average Bonchev–Trinajstić information content (AvgIpc) is 3.19. The third-order valence-electron chi connectivity index (χ3n) is 4.17. The van der Waals surface area contributed by atoms with Crippen LogP contribution >= 0.6 is 0 Å². The van der Waals surface area contributed by atoms with Crippen molar-refractivity contribution in [3.05, 3.63) is 48.3 Å². The number of nitrogens with zero attached hydrogens (tertiary/aromatic N) is 4. The van der Waals surface area contributed by atoms with Crippen LogP contribution in [-0.4, -0.2) is 52.2 Å². The van der Waals surface area contributed by atoms with Crippen LogP contribution in [0, 0.1) is 0 Å². The van der Waals surface area contributed by atoms with Gasteiger partial charge in [-0.05, 0) is 52.2 Å². The van der Waals surface area contributed by atoms with Gasteiger partial charge in [0.15, 0.2) is 0 Å². The van der Waals surface area contributed by atoms with Crippen molar-refractivity contribution >= 4 is 11.4 Å². The first-order chi connectivity index (χ1) is 12.0. The van der Waals surface area contributed by atoms with Gasteiger partial charge in [-0.3, -0.25) is 9.48 Å². The van der Waals surface area contributed by atoms with Gasteiger partial charge in [-0.25, -0.2) is 0 Å². The fourth-order valence-corrected chi connectivity index (χ4v) is 2.78. The second kappa shape index (κ2) is 7.11. The number of nitrogens with one attached hydrogen (secondary N) is 1. The molecule has 0 aliphatic heterocycles. The highest BCUT2D eigenvalue weighted by Crippen LogP contribution is 2.25. The minimum absolute atomic E-state index is 0.0555. The molecule has 3 aromatic rings. The second-order valence-electron chi connectivity index (χ2n) is 6.73. The molecule has 1 N–H and O–H groups in total. The quantitative estimate of drug-likeness (QED) is 0.751. The SMILES string of the molecule is CC(C)n1ccc(-c2cc(C(=O)NCCN(C)C)c3ccccn23)n1. The van der Waals surface area contributed by atoms with Crippen molar-refractivity contribution in [1.82, 2.24) is 24.4 Å². The second-order valence-corrected chi connectivity index (χ2v) is 6.73. The van der Waals surface area contributed by atoms with Gasteiger partial charge in [0.2, 0.25) is 0 Å². The molecule has 132 valence electrons. The normalized spacial score (nSPS) is 11.6. The predicted molar refractivity (Wildman–Crippen MR) is 99.9 cm³/mol. The van der Waals surface area contributed by atoms with Crippen molar-refractivity contribution in [1.29, 1.82) is 0 Å². The summed E-state index contributed by atoms with van der Waals surface area (Å²) < 4.78 is 3.95. The van der Waals surface area contributed by atoms with E-state index in [1.807, 2.05) is 70.8 Å². The zero-order chi connectivity index (χ0) is 18.0. The molecule has 25 heavy (non-hydrogen) atoms. The summed E-state index contributed by atoms with van der Waals surface area (Å²) in [6.45, 7) is 5.61. The number of likely N-dealkylation sites (N-methyl/N-ethyl adjacent to an activating group) is 1. The Morgan fingerprint density at radius 3 is 2.72 bits per heavy atom. The van der Waals surface area contributed by atoms with Gasteiger partial charge in [-0.2, -0.15) is 5.10 Å². The van der Waals surface area contributed by atoms with Gasteiger partial charge in [0.1, 0.15) is 5.69 Å². The molecule has 0 saturated heterocycles. The lowest BCUT2D eigenvalue weighted by Crippen LogP contribution is -2.31. The molecule has 0 spiro atoms. The molecule has 0 aliphatic carbocycles. The Morgan fingerprint density at radius 2 is 2.04 bits per heavy atom. The smallest absolute Gasteiger partial charge is 0.253 e. The molecule has 3 heterocycles. The van der Waals surface area contributed by atoms with E-state index in [0.717, 1.165) is 23.4 Å². The van der Waals surface area contributed by atoms with E-state index in [0.29, 0.717) is 18.2 Å². The number of fused-ring (bicyclic) bond motifs is 1. The molecule has 6 heteroatoms. The van der Waals surface area contributed by atoms with E-state index in [9.17, 15) is 4.79 Å². The average molecular weight is 339 g/mol. The molecule has 0 aromatic carbocycles. The molecule has 0 aliphatic rings. The van der Waals surface area contributed by atoms with Crippen LogP contribution in [0.25, 0.3) is 16.9 Å². The molecule has 0 unspecified atom stereocenters. The number of hydrogen-bond acceptors (Lipinski definition) is 3. The van der Waals surface area contributed by atoms with Crippen LogP contribution in [0.4, 0.5) is 0 Å².